The summed E-state index contributed by atoms with van der Waals surface area (Å²) in [6, 6.07) is 6.04. The maximum atomic E-state index is 13.8. The third-order valence-electron chi connectivity index (χ3n) is 3.94. The molecule has 0 fully saturated rings. The van der Waals surface area contributed by atoms with Gasteiger partial charge in [0.2, 0.25) is 5.91 Å². The van der Waals surface area contributed by atoms with E-state index in [1.54, 1.807) is 30.1 Å². The summed E-state index contributed by atoms with van der Waals surface area (Å²) in [4.78, 5) is 19.6. The Kier molecular flexibility index (Phi) is 5.44. The lowest BCUT2D eigenvalue weighted by molar-refractivity contribution is -0.114. The van der Waals surface area contributed by atoms with E-state index in [0.29, 0.717) is 22.8 Å². The zero-order valence-electron chi connectivity index (χ0n) is 16.3. The van der Waals surface area contributed by atoms with Gasteiger partial charge in [0, 0.05) is 57.1 Å². The third-order valence-corrected chi connectivity index (χ3v) is 3.94. The molecule has 1 amide bonds. The molecular formula is C19H20F2N6O2. The van der Waals surface area contributed by atoms with E-state index in [0.717, 1.165) is 6.92 Å². The van der Waals surface area contributed by atoms with Gasteiger partial charge in [-0.1, -0.05) is 0 Å². The number of nitrogens with one attached hydrogen (secondary N) is 2. The molecule has 0 saturated heterocycles. The van der Waals surface area contributed by atoms with Gasteiger partial charge in [0.1, 0.15) is 23.1 Å². The maximum Gasteiger partial charge on any atom is 0.287 e. The van der Waals surface area contributed by atoms with Crippen molar-refractivity contribution in [1.82, 2.24) is 19.7 Å². The molecule has 29 heavy (non-hydrogen) atoms. The van der Waals surface area contributed by atoms with Crippen LogP contribution >= 0.6 is 0 Å². The molecule has 0 saturated carbocycles. The molecule has 10 heteroatoms. The second-order valence-electron chi connectivity index (χ2n) is 6.46. The summed E-state index contributed by atoms with van der Waals surface area (Å²) < 4.78 is 34.4. The molecular weight excluding hydrogens is 382 g/mol. The fourth-order valence-corrected chi connectivity index (χ4v) is 2.62. The van der Waals surface area contributed by atoms with E-state index in [9.17, 15) is 13.6 Å². The average Bonchev–Trinajstić information content (AvgIpc) is 3.06. The highest BCUT2D eigenvalue weighted by atomic mass is 19.3. The summed E-state index contributed by atoms with van der Waals surface area (Å²) in [6.45, 7) is 2.12. The first-order valence-electron chi connectivity index (χ1n) is 8.65. The van der Waals surface area contributed by atoms with Gasteiger partial charge in [-0.2, -0.15) is 13.9 Å². The van der Waals surface area contributed by atoms with Crippen LogP contribution in [0.3, 0.4) is 0 Å². The monoisotopic (exact) mass is 402 g/mol. The molecule has 0 aromatic carbocycles. The number of alkyl halides is 2. The first-order chi connectivity index (χ1) is 13.7. The molecule has 3 aromatic heterocycles. The van der Waals surface area contributed by atoms with E-state index in [4.69, 9.17) is 4.74 Å². The number of aryl methyl sites for hydroxylation is 1. The van der Waals surface area contributed by atoms with Crippen LogP contribution < -0.4 is 15.4 Å². The van der Waals surface area contributed by atoms with Crippen molar-refractivity contribution in [3.63, 3.8) is 0 Å². The van der Waals surface area contributed by atoms with Crippen molar-refractivity contribution < 1.29 is 18.3 Å². The quantitative estimate of drug-likeness (QED) is 0.653. The number of carbonyl (C=O) groups excluding carboxylic acids is 1. The van der Waals surface area contributed by atoms with Crippen molar-refractivity contribution in [2.75, 3.05) is 17.7 Å². The number of nitrogens with zero attached hydrogens (tertiary/aromatic N) is 4. The number of methoxy groups -OCH3 is 1. The van der Waals surface area contributed by atoms with Gasteiger partial charge in [0.05, 0.1) is 18.5 Å². The highest BCUT2D eigenvalue weighted by molar-refractivity contribution is 5.89. The average molecular weight is 402 g/mol. The van der Waals surface area contributed by atoms with Crippen molar-refractivity contribution in [2.24, 2.45) is 7.05 Å². The first kappa shape index (κ1) is 20.2. The van der Waals surface area contributed by atoms with Crippen LogP contribution in [0.5, 0.6) is 5.75 Å². The molecule has 0 unspecified atom stereocenters. The van der Waals surface area contributed by atoms with E-state index in [1.165, 1.54) is 32.4 Å². The van der Waals surface area contributed by atoms with Crippen LogP contribution in [0.15, 0.2) is 36.7 Å². The normalized spacial score (nSPS) is 11.2. The van der Waals surface area contributed by atoms with Gasteiger partial charge in [-0.15, -0.1) is 0 Å². The Balaban J connectivity index is 2.08. The van der Waals surface area contributed by atoms with Crippen LogP contribution in [0.1, 0.15) is 19.5 Å². The molecule has 0 spiro atoms. The summed E-state index contributed by atoms with van der Waals surface area (Å²) in [6.07, 6.45) is 3.30. The van der Waals surface area contributed by atoms with Crippen LogP contribution in [0.25, 0.3) is 11.3 Å². The lowest BCUT2D eigenvalue weighted by atomic mass is 10.1. The minimum absolute atomic E-state index is 0.151. The Labute approximate surface area is 165 Å². The second-order valence-corrected chi connectivity index (χ2v) is 6.46. The summed E-state index contributed by atoms with van der Waals surface area (Å²) in [7, 11) is 3.16. The maximum absolute atomic E-state index is 13.8. The van der Waals surface area contributed by atoms with E-state index < -0.39 is 11.6 Å². The number of ether oxygens (including phenoxy) is 1. The van der Waals surface area contributed by atoms with Gasteiger partial charge >= 0.3 is 0 Å². The van der Waals surface area contributed by atoms with Crippen molar-refractivity contribution >= 4 is 23.2 Å². The minimum atomic E-state index is -3.14. The standard InChI is InChI=1S/C19H20F2N6O2/c1-11(28)23-17-9-15(13(10-22-17)14-5-6-27(3)26-14)24-18-8-12(29-4)7-16(25-18)19(2,20)21/h5-10H,1-4H3,(H2,22,23,24,25,28). The Bertz CT molecular complexity index is 1050. The number of carbonyl (C=O) groups is 1. The van der Waals surface area contributed by atoms with Gasteiger partial charge in [-0.05, 0) is 6.07 Å². The molecule has 0 atom stereocenters. The summed E-state index contributed by atoms with van der Waals surface area (Å²) in [5.74, 6) is -2.76. The van der Waals surface area contributed by atoms with Crippen LogP contribution in [0.4, 0.5) is 26.1 Å². The number of hydrogen-bond acceptors (Lipinski definition) is 6. The largest absolute Gasteiger partial charge is 0.497 e. The zero-order chi connectivity index (χ0) is 21.2. The van der Waals surface area contributed by atoms with Crippen molar-refractivity contribution in [3.05, 3.63) is 42.4 Å². The molecule has 3 rings (SSSR count). The highest BCUT2D eigenvalue weighted by Gasteiger charge is 2.27. The number of rotatable bonds is 6. The summed E-state index contributed by atoms with van der Waals surface area (Å²) in [5, 5.41) is 9.96. The molecule has 0 bridgehead atoms. The van der Waals surface area contributed by atoms with Crippen molar-refractivity contribution in [3.8, 4) is 17.0 Å². The van der Waals surface area contributed by atoms with Crippen LogP contribution in [-0.2, 0) is 17.8 Å². The smallest absolute Gasteiger partial charge is 0.287 e. The molecule has 152 valence electrons. The molecule has 2 N–H and O–H groups in total. The zero-order valence-corrected chi connectivity index (χ0v) is 16.3. The topological polar surface area (TPSA) is 94.0 Å². The van der Waals surface area contributed by atoms with Crippen LogP contribution in [-0.4, -0.2) is 32.8 Å². The Hall–Kier alpha value is -3.56. The van der Waals surface area contributed by atoms with E-state index in [2.05, 4.69) is 25.7 Å². The molecule has 8 nitrogen and oxygen atoms in total. The van der Waals surface area contributed by atoms with Gasteiger partial charge in [-0.25, -0.2) is 9.97 Å². The highest BCUT2D eigenvalue weighted by Crippen LogP contribution is 2.34. The second kappa shape index (κ2) is 7.82. The van der Waals surface area contributed by atoms with Gasteiger partial charge in [0.15, 0.2) is 0 Å². The number of anilines is 3. The number of halogens is 2. The van der Waals surface area contributed by atoms with Crippen LogP contribution in [0, 0.1) is 0 Å². The number of amides is 1. The number of aromatic nitrogens is 4. The summed E-state index contributed by atoms with van der Waals surface area (Å²) >= 11 is 0. The Morgan fingerprint density at radius 1 is 1.24 bits per heavy atom. The molecule has 0 aliphatic rings. The predicted octanol–water partition coefficient (Wildman–Crippen LogP) is 3.70. The van der Waals surface area contributed by atoms with E-state index in [-0.39, 0.29) is 17.5 Å². The Morgan fingerprint density at radius 2 is 2.00 bits per heavy atom. The van der Waals surface area contributed by atoms with E-state index >= 15 is 0 Å². The predicted molar refractivity (Wildman–Crippen MR) is 104 cm³/mol. The van der Waals surface area contributed by atoms with Crippen molar-refractivity contribution in [1.29, 1.82) is 0 Å². The summed E-state index contributed by atoms with van der Waals surface area (Å²) in [5.41, 5.74) is 1.26. The molecule has 3 heterocycles. The minimum Gasteiger partial charge on any atom is -0.497 e. The van der Waals surface area contributed by atoms with Gasteiger partial charge in [-0.3, -0.25) is 9.48 Å². The Morgan fingerprint density at radius 3 is 2.59 bits per heavy atom. The van der Waals surface area contributed by atoms with Gasteiger partial charge < -0.3 is 15.4 Å². The third kappa shape index (κ3) is 4.84. The molecule has 0 aliphatic carbocycles. The molecule has 0 aliphatic heterocycles. The lowest BCUT2D eigenvalue weighted by Crippen LogP contribution is -2.12. The number of pyridine rings is 2. The van der Waals surface area contributed by atoms with E-state index in [1.807, 2.05) is 0 Å². The lowest BCUT2D eigenvalue weighted by Gasteiger charge is -2.16. The SMILES string of the molecule is COc1cc(Nc2cc(NC(C)=O)ncc2-c2ccn(C)n2)nc(C(C)(F)F)c1. The molecule has 0 radical (unpaired) electrons. The molecule has 3 aromatic rings. The fourth-order valence-electron chi connectivity index (χ4n) is 2.62. The van der Waals surface area contributed by atoms with Crippen molar-refractivity contribution in [2.45, 2.75) is 19.8 Å². The number of hydrogen-bond donors (Lipinski definition) is 2. The van der Waals surface area contributed by atoms with Crippen LogP contribution in [0.2, 0.25) is 0 Å². The fraction of sp³-hybridized carbons (Fsp3) is 0.263. The first-order valence-corrected chi connectivity index (χ1v) is 8.65. The van der Waals surface area contributed by atoms with Gasteiger partial charge in [0.25, 0.3) is 5.92 Å².